The van der Waals surface area contributed by atoms with Crippen LogP contribution in [0.1, 0.15) is 12.8 Å². The van der Waals surface area contributed by atoms with Gasteiger partial charge in [-0.1, -0.05) is 30.4 Å². The highest BCUT2D eigenvalue weighted by molar-refractivity contribution is 6.06. The van der Waals surface area contributed by atoms with E-state index in [0.29, 0.717) is 24.1 Å². The number of carbonyl (C=O) groups is 2. The van der Waals surface area contributed by atoms with Gasteiger partial charge in [-0.05, 0) is 31.0 Å². The van der Waals surface area contributed by atoms with Crippen LogP contribution >= 0.6 is 0 Å². The van der Waals surface area contributed by atoms with Crippen molar-refractivity contribution in [2.45, 2.75) is 12.8 Å². The molecule has 0 saturated heterocycles. The van der Waals surface area contributed by atoms with Gasteiger partial charge in [-0.25, -0.2) is 0 Å². The van der Waals surface area contributed by atoms with E-state index in [4.69, 9.17) is 4.42 Å². The van der Waals surface area contributed by atoms with Gasteiger partial charge >= 0.3 is 0 Å². The number of furan rings is 1. The Morgan fingerprint density at radius 1 is 0.960 bits per heavy atom. The number of amides is 1. The molecule has 4 rings (SSSR count). The number of rotatable bonds is 3. The number of carbonyl (C=O) groups excluding carboxylic acids is 2. The van der Waals surface area contributed by atoms with Crippen LogP contribution in [0.5, 0.6) is 0 Å². The molecule has 1 aliphatic carbocycles. The van der Waals surface area contributed by atoms with E-state index in [9.17, 15) is 14.7 Å². The zero-order chi connectivity index (χ0) is 17.4. The molecule has 0 spiro atoms. The van der Waals surface area contributed by atoms with E-state index in [2.05, 4.69) is 5.32 Å². The molecule has 5 heteroatoms. The number of carboxylic acids is 1. The Bertz CT molecular complexity index is 1000. The summed E-state index contributed by atoms with van der Waals surface area (Å²) in [4.78, 5) is 23.8. The van der Waals surface area contributed by atoms with Crippen molar-refractivity contribution in [2.75, 3.05) is 5.32 Å². The number of aliphatic carboxylic acids is 1. The summed E-state index contributed by atoms with van der Waals surface area (Å²) in [5, 5.41) is 16.1. The first-order valence-corrected chi connectivity index (χ1v) is 8.21. The second kappa shape index (κ2) is 6.09. The maximum atomic E-state index is 12.5. The van der Waals surface area contributed by atoms with Gasteiger partial charge in [-0.2, -0.15) is 0 Å². The summed E-state index contributed by atoms with van der Waals surface area (Å²) in [6.07, 6.45) is 4.34. The summed E-state index contributed by atoms with van der Waals surface area (Å²) in [6, 6.07) is 13.2. The monoisotopic (exact) mass is 334 g/mol. The molecule has 126 valence electrons. The van der Waals surface area contributed by atoms with Crippen LogP contribution < -0.4 is 10.4 Å². The van der Waals surface area contributed by atoms with E-state index in [1.54, 1.807) is 18.2 Å². The summed E-state index contributed by atoms with van der Waals surface area (Å²) >= 11 is 0. The smallest absolute Gasteiger partial charge is 0.228 e. The first kappa shape index (κ1) is 15.4. The van der Waals surface area contributed by atoms with Crippen LogP contribution in [-0.4, -0.2) is 11.9 Å². The van der Waals surface area contributed by atoms with Crippen molar-refractivity contribution < 1.29 is 19.1 Å². The predicted molar refractivity (Wildman–Crippen MR) is 92.7 cm³/mol. The van der Waals surface area contributed by atoms with Gasteiger partial charge < -0.3 is 19.6 Å². The van der Waals surface area contributed by atoms with Gasteiger partial charge in [0.2, 0.25) is 5.91 Å². The van der Waals surface area contributed by atoms with Crippen molar-refractivity contribution in [3.63, 3.8) is 0 Å². The van der Waals surface area contributed by atoms with Crippen LogP contribution in [0, 0.1) is 11.8 Å². The van der Waals surface area contributed by atoms with Crippen molar-refractivity contribution in [2.24, 2.45) is 11.8 Å². The van der Waals surface area contributed by atoms with Gasteiger partial charge in [0.25, 0.3) is 0 Å². The topological polar surface area (TPSA) is 82.4 Å². The summed E-state index contributed by atoms with van der Waals surface area (Å²) in [5.41, 5.74) is 2.05. The normalized spacial score (nSPS) is 20.0. The fourth-order valence-corrected chi connectivity index (χ4v) is 3.40. The van der Waals surface area contributed by atoms with Crippen LogP contribution in [0.4, 0.5) is 5.69 Å². The minimum absolute atomic E-state index is 0.311. The highest BCUT2D eigenvalue weighted by Gasteiger charge is 2.29. The lowest BCUT2D eigenvalue weighted by molar-refractivity contribution is -0.313. The quantitative estimate of drug-likeness (QED) is 0.747. The minimum Gasteiger partial charge on any atom is -0.550 e. The molecule has 1 amide bonds. The standard InChI is InChI=1S/C20H17NO4/c22-19(15-6-1-2-7-16(15)20(23)24)21-12-9-10-14-13-5-3-4-8-17(13)25-18(14)11-12/h1-5,8-11,15-16H,6-7H2,(H,21,22)(H,23,24)/p-1. The molecule has 0 aliphatic heterocycles. The zero-order valence-corrected chi connectivity index (χ0v) is 13.4. The highest BCUT2D eigenvalue weighted by atomic mass is 16.4. The van der Waals surface area contributed by atoms with E-state index in [1.165, 1.54) is 0 Å². The van der Waals surface area contributed by atoms with Crippen LogP contribution in [0.3, 0.4) is 0 Å². The second-order valence-corrected chi connectivity index (χ2v) is 6.27. The Morgan fingerprint density at radius 3 is 2.48 bits per heavy atom. The molecule has 0 radical (unpaired) electrons. The van der Waals surface area contributed by atoms with Crippen LogP contribution in [0.2, 0.25) is 0 Å². The first-order valence-electron chi connectivity index (χ1n) is 8.21. The van der Waals surface area contributed by atoms with Gasteiger partial charge in [-0.15, -0.1) is 0 Å². The highest BCUT2D eigenvalue weighted by Crippen LogP contribution is 2.31. The molecule has 0 fully saturated rings. The third-order valence-corrected chi connectivity index (χ3v) is 4.72. The molecule has 0 saturated carbocycles. The van der Waals surface area contributed by atoms with Gasteiger partial charge in [-0.3, -0.25) is 4.79 Å². The van der Waals surface area contributed by atoms with Crippen molar-refractivity contribution >= 4 is 39.5 Å². The minimum atomic E-state index is -1.18. The fraction of sp³-hybridized carbons (Fsp3) is 0.200. The number of para-hydroxylation sites is 1. The predicted octanol–water partition coefficient (Wildman–Crippen LogP) is 2.86. The first-order chi connectivity index (χ1) is 12.1. The third kappa shape index (κ3) is 2.78. The van der Waals surface area contributed by atoms with Crippen molar-refractivity contribution in [3.05, 3.63) is 54.6 Å². The summed E-state index contributed by atoms with van der Waals surface area (Å²) in [6.45, 7) is 0. The SMILES string of the molecule is O=C([O-])C1CC=CCC1C(=O)Nc1ccc2c(c1)oc1ccccc12. The van der Waals surface area contributed by atoms with Crippen LogP contribution in [-0.2, 0) is 9.59 Å². The van der Waals surface area contributed by atoms with E-state index >= 15 is 0 Å². The summed E-state index contributed by atoms with van der Waals surface area (Å²) in [7, 11) is 0. The Kier molecular flexibility index (Phi) is 3.76. The number of hydrogen-bond donors (Lipinski definition) is 1. The molecular weight excluding hydrogens is 318 g/mol. The van der Waals surface area contributed by atoms with Gasteiger partial charge in [0.05, 0.1) is 5.92 Å². The lowest BCUT2D eigenvalue weighted by Gasteiger charge is -2.28. The molecule has 1 N–H and O–H groups in total. The van der Waals surface area contributed by atoms with E-state index < -0.39 is 17.8 Å². The summed E-state index contributed by atoms with van der Waals surface area (Å²) in [5.74, 6) is -2.91. The number of hydrogen-bond acceptors (Lipinski definition) is 4. The Balaban J connectivity index is 1.61. The third-order valence-electron chi connectivity index (χ3n) is 4.72. The van der Waals surface area contributed by atoms with Crippen molar-refractivity contribution in [1.29, 1.82) is 0 Å². The van der Waals surface area contributed by atoms with Crippen molar-refractivity contribution in [3.8, 4) is 0 Å². The van der Waals surface area contributed by atoms with Crippen LogP contribution in [0.25, 0.3) is 21.9 Å². The molecule has 2 unspecified atom stereocenters. The molecule has 1 heterocycles. The number of nitrogens with one attached hydrogen (secondary N) is 1. The van der Waals surface area contributed by atoms with Gasteiger partial charge in [0.1, 0.15) is 11.2 Å². The number of benzene rings is 2. The molecule has 3 aromatic rings. The van der Waals surface area contributed by atoms with Gasteiger partial charge in [0, 0.05) is 34.4 Å². The Morgan fingerprint density at radius 2 is 1.68 bits per heavy atom. The number of anilines is 1. The number of fused-ring (bicyclic) bond motifs is 3. The molecule has 0 bridgehead atoms. The second-order valence-electron chi connectivity index (χ2n) is 6.27. The van der Waals surface area contributed by atoms with Crippen LogP contribution in [0.15, 0.2) is 59.0 Å². The maximum Gasteiger partial charge on any atom is 0.228 e. The largest absolute Gasteiger partial charge is 0.550 e. The number of carboxylic acid groups (broad SMARTS) is 1. The average Bonchev–Trinajstić information content (AvgIpc) is 2.99. The summed E-state index contributed by atoms with van der Waals surface area (Å²) < 4.78 is 5.81. The molecule has 25 heavy (non-hydrogen) atoms. The molecule has 2 aromatic carbocycles. The Hall–Kier alpha value is -3.08. The number of allylic oxidation sites excluding steroid dienone is 2. The molecule has 1 aromatic heterocycles. The average molecular weight is 334 g/mol. The molecular formula is C20H16NO4-. The van der Waals surface area contributed by atoms with E-state index in [1.807, 2.05) is 36.4 Å². The van der Waals surface area contributed by atoms with E-state index in [-0.39, 0.29) is 5.91 Å². The molecule has 2 atom stereocenters. The fourth-order valence-electron chi connectivity index (χ4n) is 3.40. The zero-order valence-electron chi connectivity index (χ0n) is 13.4. The van der Waals surface area contributed by atoms with Gasteiger partial charge in [0.15, 0.2) is 0 Å². The van der Waals surface area contributed by atoms with Crippen molar-refractivity contribution in [1.82, 2.24) is 0 Å². The lowest BCUT2D eigenvalue weighted by atomic mass is 9.82. The maximum absolute atomic E-state index is 12.5. The van der Waals surface area contributed by atoms with E-state index in [0.717, 1.165) is 16.4 Å². The molecule has 1 aliphatic rings. The lowest BCUT2D eigenvalue weighted by Crippen LogP contribution is -2.41. The molecule has 5 nitrogen and oxygen atoms in total. The Labute approximate surface area is 143 Å².